The maximum Gasteiger partial charge on any atom is 0.242 e. The Morgan fingerprint density at radius 2 is 2.15 bits per heavy atom. The molecule has 2 atom stereocenters. The SMILES string of the molecule is CCSC1CCCC1NS(=O)(=O)c1ccccc1C#N. The van der Waals surface area contributed by atoms with Gasteiger partial charge in [0.25, 0.3) is 0 Å². The lowest BCUT2D eigenvalue weighted by Gasteiger charge is -2.20. The zero-order valence-corrected chi connectivity index (χ0v) is 13.0. The summed E-state index contributed by atoms with van der Waals surface area (Å²) < 4.78 is 27.7. The van der Waals surface area contributed by atoms with E-state index in [9.17, 15) is 8.42 Å². The lowest BCUT2D eigenvalue weighted by Crippen LogP contribution is -2.39. The smallest absolute Gasteiger partial charge is 0.207 e. The Bertz CT molecular complexity index is 608. The first-order chi connectivity index (χ1) is 9.58. The molecule has 1 fully saturated rings. The maximum atomic E-state index is 12.4. The molecule has 1 aliphatic rings. The second-order valence-corrected chi connectivity index (χ2v) is 7.96. The van der Waals surface area contributed by atoms with E-state index in [1.807, 2.05) is 6.07 Å². The molecule has 2 unspecified atom stereocenters. The van der Waals surface area contributed by atoms with Gasteiger partial charge in [-0.15, -0.1) is 0 Å². The first-order valence-electron chi connectivity index (χ1n) is 6.71. The van der Waals surface area contributed by atoms with E-state index in [4.69, 9.17) is 5.26 Å². The van der Waals surface area contributed by atoms with Gasteiger partial charge in [-0.1, -0.05) is 25.5 Å². The number of thioether (sulfide) groups is 1. The summed E-state index contributed by atoms with van der Waals surface area (Å²) in [5.74, 6) is 0.984. The summed E-state index contributed by atoms with van der Waals surface area (Å²) in [4.78, 5) is 0.0784. The lowest BCUT2D eigenvalue weighted by atomic mass is 10.2. The summed E-state index contributed by atoms with van der Waals surface area (Å²) in [6.45, 7) is 2.08. The normalized spacial score (nSPS) is 22.6. The van der Waals surface area contributed by atoms with Gasteiger partial charge in [0.1, 0.15) is 6.07 Å². The molecule has 20 heavy (non-hydrogen) atoms. The van der Waals surface area contributed by atoms with Gasteiger partial charge in [-0.3, -0.25) is 0 Å². The minimum atomic E-state index is -3.62. The summed E-state index contributed by atoms with van der Waals surface area (Å²) >= 11 is 1.80. The standard InChI is InChI=1S/C14H18N2O2S2/c1-2-19-13-8-5-7-12(13)16-20(17,18)14-9-4-3-6-11(14)10-15/h3-4,6,9,12-13,16H,2,5,7-8H2,1H3. The molecule has 1 N–H and O–H groups in total. The van der Waals surface area contributed by atoms with Crippen LogP contribution in [0.15, 0.2) is 29.2 Å². The van der Waals surface area contributed by atoms with E-state index in [1.165, 1.54) is 12.1 Å². The van der Waals surface area contributed by atoms with Crippen LogP contribution >= 0.6 is 11.8 Å². The summed E-state index contributed by atoms with van der Waals surface area (Å²) in [6, 6.07) is 8.23. The highest BCUT2D eigenvalue weighted by molar-refractivity contribution is 8.00. The van der Waals surface area contributed by atoms with Crippen LogP contribution in [0.5, 0.6) is 0 Å². The van der Waals surface area contributed by atoms with E-state index in [1.54, 1.807) is 23.9 Å². The highest BCUT2D eigenvalue weighted by Gasteiger charge is 2.31. The number of nitriles is 1. The van der Waals surface area contributed by atoms with Gasteiger partial charge < -0.3 is 0 Å². The second kappa shape index (κ2) is 6.61. The number of nitrogens with zero attached hydrogens (tertiary/aromatic N) is 1. The summed E-state index contributed by atoms with van der Waals surface area (Å²) in [5, 5.41) is 9.37. The third-order valence-corrected chi connectivity index (χ3v) is 6.31. The molecule has 1 aliphatic carbocycles. The van der Waals surface area contributed by atoms with Crippen LogP contribution in [0.2, 0.25) is 0 Å². The van der Waals surface area contributed by atoms with Gasteiger partial charge in [0, 0.05) is 11.3 Å². The van der Waals surface area contributed by atoms with Crippen molar-refractivity contribution in [2.24, 2.45) is 0 Å². The van der Waals surface area contributed by atoms with Crippen molar-refractivity contribution in [3.05, 3.63) is 29.8 Å². The second-order valence-electron chi connectivity index (χ2n) is 4.76. The molecule has 1 aromatic rings. The molecule has 6 heteroatoms. The van der Waals surface area contributed by atoms with Crippen molar-refractivity contribution in [3.63, 3.8) is 0 Å². The van der Waals surface area contributed by atoms with Gasteiger partial charge in [0.05, 0.1) is 10.5 Å². The minimum Gasteiger partial charge on any atom is -0.207 e. The van der Waals surface area contributed by atoms with Crippen molar-refractivity contribution in [2.75, 3.05) is 5.75 Å². The van der Waals surface area contributed by atoms with Crippen molar-refractivity contribution in [3.8, 4) is 6.07 Å². The number of hydrogen-bond donors (Lipinski definition) is 1. The first kappa shape index (κ1) is 15.4. The van der Waals surface area contributed by atoms with Gasteiger partial charge in [0.2, 0.25) is 10.0 Å². The molecular weight excluding hydrogens is 292 g/mol. The Morgan fingerprint density at radius 3 is 2.85 bits per heavy atom. The predicted octanol–water partition coefficient (Wildman–Crippen LogP) is 2.51. The van der Waals surface area contributed by atoms with Crippen molar-refractivity contribution < 1.29 is 8.42 Å². The molecule has 0 saturated heterocycles. The zero-order valence-electron chi connectivity index (χ0n) is 11.4. The quantitative estimate of drug-likeness (QED) is 0.907. The van der Waals surface area contributed by atoms with Gasteiger partial charge in [-0.25, -0.2) is 13.1 Å². The Morgan fingerprint density at radius 1 is 1.40 bits per heavy atom. The Kier molecular flexibility index (Phi) is 5.08. The van der Waals surface area contributed by atoms with Crippen LogP contribution in [0.3, 0.4) is 0 Å². The first-order valence-corrected chi connectivity index (χ1v) is 9.24. The van der Waals surface area contributed by atoms with Crippen molar-refractivity contribution in [1.82, 2.24) is 4.72 Å². The minimum absolute atomic E-state index is 0.0308. The monoisotopic (exact) mass is 310 g/mol. The topological polar surface area (TPSA) is 70.0 Å². The van der Waals surface area contributed by atoms with E-state index in [-0.39, 0.29) is 16.5 Å². The fourth-order valence-electron chi connectivity index (χ4n) is 2.53. The third-order valence-electron chi connectivity index (χ3n) is 3.44. The molecule has 1 saturated carbocycles. The highest BCUT2D eigenvalue weighted by atomic mass is 32.2. The molecule has 108 valence electrons. The van der Waals surface area contributed by atoms with E-state index in [0.29, 0.717) is 5.25 Å². The van der Waals surface area contributed by atoms with Crippen LogP contribution in [0.25, 0.3) is 0 Å². The van der Waals surface area contributed by atoms with Crippen LogP contribution in [0, 0.1) is 11.3 Å². The van der Waals surface area contributed by atoms with Crippen LogP contribution in [0.1, 0.15) is 31.7 Å². The number of nitrogens with one attached hydrogen (secondary N) is 1. The molecule has 1 aromatic carbocycles. The van der Waals surface area contributed by atoms with E-state index >= 15 is 0 Å². The molecule has 0 heterocycles. The highest BCUT2D eigenvalue weighted by Crippen LogP contribution is 2.31. The Balaban J connectivity index is 2.21. The Labute approximate surface area is 124 Å². The van der Waals surface area contributed by atoms with Gasteiger partial charge in [-0.2, -0.15) is 17.0 Å². The molecule has 2 rings (SSSR count). The number of rotatable bonds is 5. The molecule has 0 amide bonds. The molecule has 0 spiro atoms. The summed E-state index contributed by atoms with van der Waals surface area (Å²) in [7, 11) is -3.62. The fraction of sp³-hybridized carbons (Fsp3) is 0.500. The van der Waals surface area contributed by atoms with Gasteiger partial charge in [-0.05, 0) is 30.7 Å². The van der Waals surface area contributed by atoms with E-state index in [2.05, 4.69) is 11.6 Å². The van der Waals surface area contributed by atoms with Crippen LogP contribution in [-0.4, -0.2) is 25.5 Å². The van der Waals surface area contributed by atoms with Crippen LogP contribution in [0.4, 0.5) is 0 Å². The van der Waals surface area contributed by atoms with Crippen molar-refractivity contribution in [1.29, 1.82) is 5.26 Å². The predicted molar refractivity (Wildman–Crippen MR) is 81.0 cm³/mol. The molecule has 0 aromatic heterocycles. The number of benzene rings is 1. The van der Waals surface area contributed by atoms with Crippen molar-refractivity contribution in [2.45, 2.75) is 42.4 Å². The molecule has 4 nitrogen and oxygen atoms in total. The fourth-order valence-corrected chi connectivity index (χ4v) is 5.28. The molecule has 0 bridgehead atoms. The van der Waals surface area contributed by atoms with E-state index in [0.717, 1.165) is 25.0 Å². The van der Waals surface area contributed by atoms with Crippen LogP contribution < -0.4 is 4.72 Å². The Hall–Kier alpha value is -1.03. The third kappa shape index (κ3) is 3.35. The van der Waals surface area contributed by atoms with Gasteiger partial charge >= 0.3 is 0 Å². The zero-order chi connectivity index (χ0) is 14.6. The molecule has 0 aliphatic heterocycles. The van der Waals surface area contributed by atoms with Gasteiger partial charge in [0.15, 0.2) is 0 Å². The molecule has 0 radical (unpaired) electrons. The summed E-state index contributed by atoms with van der Waals surface area (Å²) in [6.07, 6.45) is 2.96. The summed E-state index contributed by atoms with van der Waals surface area (Å²) in [5.41, 5.74) is 0.192. The largest absolute Gasteiger partial charge is 0.242 e. The maximum absolute atomic E-state index is 12.4. The molecular formula is C14H18N2O2S2. The lowest BCUT2D eigenvalue weighted by molar-refractivity contribution is 0.555. The number of sulfonamides is 1. The van der Waals surface area contributed by atoms with E-state index < -0.39 is 10.0 Å². The average molecular weight is 310 g/mol. The van der Waals surface area contributed by atoms with Crippen molar-refractivity contribution >= 4 is 21.8 Å². The average Bonchev–Trinajstić information content (AvgIpc) is 2.86. The van der Waals surface area contributed by atoms with Crippen LogP contribution in [-0.2, 0) is 10.0 Å². The number of hydrogen-bond acceptors (Lipinski definition) is 4.